The van der Waals surface area contributed by atoms with Crippen molar-refractivity contribution in [3.63, 3.8) is 0 Å². The Morgan fingerprint density at radius 3 is 2.53 bits per heavy atom. The fourth-order valence-electron chi connectivity index (χ4n) is 2.16. The molecule has 1 aromatic rings. The Kier molecular flexibility index (Phi) is 2.23. The molecule has 2 N–H and O–H groups in total. The van der Waals surface area contributed by atoms with Gasteiger partial charge in [0.05, 0.1) is 4.92 Å². The molecule has 1 unspecified atom stereocenters. The molecule has 1 fully saturated rings. The van der Waals surface area contributed by atoms with Crippen LogP contribution >= 0.6 is 0 Å². The maximum atomic E-state index is 10.9. The van der Waals surface area contributed by atoms with Gasteiger partial charge >= 0.3 is 0 Å². The zero-order chi connectivity index (χ0) is 11.1. The highest BCUT2D eigenvalue weighted by atomic mass is 16.6. The normalized spacial score (nSPS) is 19.6. The average molecular weight is 206 g/mol. The summed E-state index contributed by atoms with van der Waals surface area (Å²) in [6.07, 6.45) is 1.91. The summed E-state index contributed by atoms with van der Waals surface area (Å²) in [6.45, 7) is 1.92. The predicted octanol–water partition coefficient (Wildman–Crippen LogP) is 1.97. The molecule has 0 radical (unpaired) electrons. The van der Waals surface area contributed by atoms with Crippen LogP contribution < -0.4 is 5.73 Å². The molecule has 1 saturated carbocycles. The number of nitro groups is 1. The number of hydrogen-bond acceptors (Lipinski definition) is 3. The van der Waals surface area contributed by atoms with Gasteiger partial charge in [0.15, 0.2) is 0 Å². The largest absolute Gasteiger partial charge is 0.327 e. The lowest BCUT2D eigenvalue weighted by molar-refractivity contribution is -0.385. The summed E-state index contributed by atoms with van der Waals surface area (Å²) in [5.41, 5.74) is 6.76. The Labute approximate surface area is 88.2 Å². The number of nitrogens with two attached hydrogens (primary N) is 1. The van der Waals surface area contributed by atoms with Crippen LogP contribution in [0.25, 0.3) is 0 Å². The van der Waals surface area contributed by atoms with Gasteiger partial charge in [0.2, 0.25) is 0 Å². The Morgan fingerprint density at radius 1 is 1.47 bits per heavy atom. The van der Waals surface area contributed by atoms with Crippen molar-refractivity contribution in [3.05, 3.63) is 39.9 Å². The number of para-hydroxylation sites is 1. The lowest BCUT2D eigenvalue weighted by Crippen LogP contribution is -2.32. The highest BCUT2D eigenvalue weighted by Gasteiger charge is 2.50. The molecule has 1 aliphatic rings. The molecule has 4 nitrogen and oxygen atoms in total. The number of rotatable bonds is 3. The van der Waals surface area contributed by atoms with Crippen LogP contribution in [0.4, 0.5) is 5.69 Å². The van der Waals surface area contributed by atoms with Crippen molar-refractivity contribution in [2.24, 2.45) is 5.73 Å². The third-order valence-electron chi connectivity index (χ3n) is 3.30. The highest BCUT2D eigenvalue weighted by Crippen LogP contribution is 2.52. The van der Waals surface area contributed by atoms with E-state index in [0.29, 0.717) is 0 Å². The molecule has 0 aliphatic heterocycles. The van der Waals surface area contributed by atoms with Crippen molar-refractivity contribution >= 4 is 5.69 Å². The van der Waals surface area contributed by atoms with Gasteiger partial charge < -0.3 is 5.73 Å². The van der Waals surface area contributed by atoms with Gasteiger partial charge in [-0.1, -0.05) is 18.2 Å². The quantitative estimate of drug-likeness (QED) is 0.607. The van der Waals surface area contributed by atoms with Gasteiger partial charge in [-0.3, -0.25) is 10.1 Å². The highest BCUT2D eigenvalue weighted by molar-refractivity contribution is 5.49. The second-order valence-corrected chi connectivity index (χ2v) is 4.22. The van der Waals surface area contributed by atoms with Gasteiger partial charge in [0, 0.05) is 23.1 Å². The van der Waals surface area contributed by atoms with Gasteiger partial charge in [0.25, 0.3) is 5.69 Å². The van der Waals surface area contributed by atoms with E-state index in [-0.39, 0.29) is 22.1 Å². The van der Waals surface area contributed by atoms with Crippen molar-refractivity contribution in [1.82, 2.24) is 0 Å². The van der Waals surface area contributed by atoms with E-state index in [2.05, 4.69) is 0 Å². The van der Waals surface area contributed by atoms with Crippen LogP contribution in [0.2, 0.25) is 0 Å². The van der Waals surface area contributed by atoms with Crippen molar-refractivity contribution in [3.8, 4) is 0 Å². The van der Waals surface area contributed by atoms with Gasteiger partial charge in [0.1, 0.15) is 0 Å². The first-order valence-electron chi connectivity index (χ1n) is 5.07. The summed E-state index contributed by atoms with van der Waals surface area (Å²) in [5, 5.41) is 10.9. The van der Waals surface area contributed by atoms with E-state index in [1.807, 2.05) is 19.1 Å². The van der Waals surface area contributed by atoms with Crippen molar-refractivity contribution < 1.29 is 4.92 Å². The summed E-state index contributed by atoms with van der Waals surface area (Å²) in [5.74, 6) is 0. The summed E-state index contributed by atoms with van der Waals surface area (Å²) in [7, 11) is 0. The van der Waals surface area contributed by atoms with E-state index in [0.717, 1.165) is 18.4 Å². The Hall–Kier alpha value is -1.42. The van der Waals surface area contributed by atoms with Gasteiger partial charge in [-0.2, -0.15) is 0 Å². The van der Waals surface area contributed by atoms with Crippen LogP contribution in [0.3, 0.4) is 0 Å². The van der Waals surface area contributed by atoms with Crippen molar-refractivity contribution in [2.45, 2.75) is 31.2 Å². The molecule has 1 aromatic carbocycles. The molecule has 1 atom stereocenters. The number of nitro benzene ring substituents is 1. The summed E-state index contributed by atoms with van der Waals surface area (Å²) in [6, 6.07) is 6.88. The predicted molar refractivity (Wildman–Crippen MR) is 57.7 cm³/mol. The molecule has 15 heavy (non-hydrogen) atoms. The van der Waals surface area contributed by atoms with Crippen LogP contribution in [0, 0.1) is 10.1 Å². The Bertz CT molecular complexity index is 397. The molecular weight excluding hydrogens is 192 g/mol. The molecule has 80 valence electrons. The molecule has 0 aromatic heterocycles. The van der Waals surface area contributed by atoms with Crippen LogP contribution in [-0.2, 0) is 5.41 Å². The van der Waals surface area contributed by atoms with Gasteiger partial charge in [-0.05, 0) is 19.8 Å². The van der Waals surface area contributed by atoms with Gasteiger partial charge in [-0.15, -0.1) is 0 Å². The average Bonchev–Trinajstić information content (AvgIpc) is 2.98. The van der Waals surface area contributed by atoms with Crippen molar-refractivity contribution in [2.75, 3.05) is 0 Å². The van der Waals surface area contributed by atoms with E-state index in [1.165, 1.54) is 0 Å². The maximum Gasteiger partial charge on any atom is 0.273 e. The lowest BCUT2D eigenvalue weighted by Gasteiger charge is -2.19. The zero-order valence-corrected chi connectivity index (χ0v) is 8.64. The van der Waals surface area contributed by atoms with Crippen LogP contribution in [0.5, 0.6) is 0 Å². The monoisotopic (exact) mass is 206 g/mol. The molecule has 0 spiro atoms. The Balaban J connectivity index is 2.49. The molecule has 0 amide bonds. The van der Waals surface area contributed by atoms with Crippen LogP contribution in [0.1, 0.15) is 25.3 Å². The maximum absolute atomic E-state index is 10.9. The lowest BCUT2D eigenvalue weighted by atomic mass is 9.88. The van der Waals surface area contributed by atoms with E-state index >= 15 is 0 Å². The summed E-state index contributed by atoms with van der Waals surface area (Å²) >= 11 is 0. The minimum absolute atomic E-state index is 0.0291. The topological polar surface area (TPSA) is 69.2 Å². The molecule has 1 aliphatic carbocycles. The standard InChI is InChI=1S/C11H14N2O2/c1-8(12)11(6-7-11)9-4-2-3-5-10(9)13(14)15/h2-5,8H,6-7,12H2,1H3. The first-order valence-corrected chi connectivity index (χ1v) is 5.07. The molecule has 0 heterocycles. The second-order valence-electron chi connectivity index (χ2n) is 4.22. The SMILES string of the molecule is CC(N)C1(c2ccccc2[N+](=O)[O-])CC1. The minimum atomic E-state index is -0.322. The molecule has 2 rings (SSSR count). The second kappa shape index (κ2) is 3.31. The van der Waals surface area contributed by atoms with E-state index in [4.69, 9.17) is 5.73 Å². The van der Waals surface area contributed by atoms with Gasteiger partial charge in [-0.25, -0.2) is 0 Å². The number of nitrogens with zero attached hydrogens (tertiary/aromatic N) is 1. The first-order chi connectivity index (χ1) is 7.08. The number of hydrogen-bond donors (Lipinski definition) is 1. The zero-order valence-electron chi connectivity index (χ0n) is 8.64. The van der Waals surface area contributed by atoms with Crippen LogP contribution in [-0.4, -0.2) is 11.0 Å². The minimum Gasteiger partial charge on any atom is -0.327 e. The fraction of sp³-hybridized carbons (Fsp3) is 0.455. The van der Waals surface area contributed by atoms with E-state index < -0.39 is 0 Å². The smallest absolute Gasteiger partial charge is 0.273 e. The Morgan fingerprint density at radius 2 is 2.07 bits per heavy atom. The van der Waals surface area contributed by atoms with E-state index in [9.17, 15) is 10.1 Å². The number of benzene rings is 1. The molecular formula is C11H14N2O2. The fourth-order valence-corrected chi connectivity index (χ4v) is 2.16. The first kappa shape index (κ1) is 10.1. The summed E-state index contributed by atoms with van der Waals surface area (Å²) in [4.78, 5) is 10.6. The molecule has 4 heteroatoms. The van der Waals surface area contributed by atoms with Crippen molar-refractivity contribution in [1.29, 1.82) is 0 Å². The summed E-state index contributed by atoms with van der Waals surface area (Å²) < 4.78 is 0. The molecule has 0 bridgehead atoms. The molecule has 0 saturated heterocycles. The van der Waals surface area contributed by atoms with Crippen LogP contribution in [0.15, 0.2) is 24.3 Å². The third-order valence-corrected chi connectivity index (χ3v) is 3.30. The van der Waals surface area contributed by atoms with E-state index in [1.54, 1.807) is 12.1 Å². The third kappa shape index (κ3) is 1.51.